The Kier molecular flexibility index (Phi) is 6.73. The largest absolute Gasteiger partial charge is 0.343 e. The summed E-state index contributed by atoms with van der Waals surface area (Å²) >= 11 is 0. The maximum Gasteiger partial charge on any atom is 0.251 e. The van der Waals surface area contributed by atoms with E-state index in [4.69, 9.17) is 5.73 Å². The van der Waals surface area contributed by atoms with E-state index in [1.54, 1.807) is 11.0 Å². The predicted molar refractivity (Wildman–Crippen MR) is 79.5 cm³/mol. The van der Waals surface area contributed by atoms with E-state index in [1.807, 2.05) is 32.0 Å². The van der Waals surface area contributed by atoms with Gasteiger partial charge in [-0.05, 0) is 44.5 Å². The van der Waals surface area contributed by atoms with Gasteiger partial charge in [-0.25, -0.2) is 0 Å². The van der Waals surface area contributed by atoms with Gasteiger partial charge in [0, 0.05) is 18.7 Å². The lowest BCUT2D eigenvalue weighted by molar-refractivity contribution is -0.129. The highest BCUT2D eigenvalue weighted by atomic mass is 16.2. The SMILES string of the molecule is CCN(CC)C(=O)CNC(=O)c1cccc(CCN)c1. The molecule has 1 rings (SSSR count). The van der Waals surface area contributed by atoms with Gasteiger partial charge in [-0.15, -0.1) is 0 Å². The summed E-state index contributed by atoms with van der Waals surface area (Å²) in [5, 5.41) is 2.66. The van der Waals surface area contributed by atoms with Gasteiger partial charge in [-0.1, -0.05) is 12.1 Å². The molecular weight excluding hydrogens is 254 g/mol. The highest BCUT2D eigenvalue weighted by molar-refractivity contribution is 5.96. The highest BCUT2D eigenvalue weighted by Gasteiger charge is 2.12. The van der Waals surface area contributed by atoms with E-state index in [9.17, 15) is 9.59 Å². The summed E-state index contributed by atoms with van der Waals surface area (Å²) < 4.78 is 0. The van der Waals surface area contributed by atoms with Crippen LogP contribution >= 0.6 is 0 Å². The van der Waals surface area contributed by atoms with Gasteiger partial charge >= 0.3 is 0 Å². The van der Waals surface area contributed by atoms with Crippen LogP contribution in [-0.4, -0.2) is 42.9 Å². The topological polar surface area (TPSA) is 75.4 Å². The molecule has 0 unspecified atom stereocenters. The number of carbonyl (C=O) groups excluding carboxylic acids is 2. The Morgan fingerprint density at radius 2 is 1.95 bits per heavy atom. The van der Waals surface area contributed by atoms with Crippen molar-refractivity contribution in [3.8, 4) is 0 Å². The smallest absolute Gasteiger partial charge is 0.251 e. The normalized spacial score (nSPS) is 10.2. The third-order valence-electron chi connectivity index (χ3n) is 3.14. The molecule has 0 atom stereocenters. The van der Waals surface area contributed by atoms with E-state index in [1.165, 1.54) is 0 Å². The number of likely N-dealkylation sites (N-methyl/N-ethyl adjacent to an activating group) is 1. The molecule has 20 heavy (non-hydrogen) atoms. The molecule has 0 spiro atoms. The minimum Gasteiger partial charge on any atom is -0.343 e. The number of carbonyl (C=O) groups is 2. The second-order valence-electron chi connectivity index (χ2n) is 4.49. The fraction of sp³-hybridized carbons (Fsp3) is 0.467. The van der Waals surface area contributed by atoms with Crippen molar-refractivity contribution in [2.75, 3.05) is 26.2 Å². The lowest BCUT2D eigenvalue weighted by Gasteiger charge is -2.18. The maximum absolute atomic E-state index is 12.0. The van der Waals surface area contributed by atoms with Crippen molar-refractivity contribution >= 4 is 11.8 Å². The molecule has 5 nitrogen and oxygen atoms in total. The Morgan fingerprint density at radius 3 is 2.55 bits per heavy atom. The first-order valence-electron chi connectivity index (χ1n) is 6.97. The first-order valence-corrected chi connectivity index (χ1v) is 6.97. The van der Waals surface area contributed by atoms with Crippen molar-refractivity contribution in [3.05, 3.63) is 35.4 Å². The molecule has 0 aromatic heterocycles. The van der Waals surface area contributed by atoms with Crippen molar-refractivity contribution in [3.63, 3.8) is 0 Å². The van der Waals surface area contributed by atoms with E-state index < -0.39 is 0 Å². The van der Waals surface area contributed by atoms with Crippen molar-refractivity contribution < 1.29 is 9.59 Å². The van der Waals surface area contributed by atoms with Crippen LogP contribution in [0, 0.1) is 0 Å². The number of hydrogen-bond donors (Lipinski definition) is 2. The summed E-state index contributed by atoms with van der Waals surface area (Å²) in [6, 6.07) is 7.30. The van der Waals surface area contributed by atoms with Crippen LogP contribution in [-0.2, 0) is 11.2 Å². The minimum atomic E-state index is -0.232. The molecule has 0 aliphatic rings. The van der Waals surface area contributed by atoms with Gasteiger partial charge in [0.25, 0.3) is 5.91 Å². The number of nitrogens with two attached hydrogens (primary N) is 1. The number of amides is 2. The van der Waals surface area contributed by atoms with E-state index >= 15 is 0 Å². The second-order valence-corrected chi connectivity index (χ2v) is 4.49. The quantitative estimate of drug-likeness (QED) is 0.773. The molecule has 0 fully saturated rings. The zero-order valence-electron chi connectivity index (χ0n) is 12.2. The van der Waals surface area contributed by atoms with Crippen LogP contribution in [0.4, 0.5) is 0 Å². The average molecular weight is 277 g/mol. The van der Waals surface area contributed by atoms with E-state index in [0.717, 1.165) is 12.0 Å². The summed E-state index contributed by atoms with van der Waals surface area (Å²) in [4.78, 5) is 25.5. The molecule has 2 amide bonds. The minimum absolute atomic E-state index is 0.0294. The fourth-order valence-corrected chi connectivity index (χ4v) is 1.98. The molecule has 1 aromatic rings. The number of nitrogens with zero attached hydrogens (tertiary/aromatic N) is 1. The van der Waals surface area contributed by atoms with Crippen LogP contribution < -0.4 is 11.1 Å². The molecule has 110 valence electrons. The summed E-state index contributed by atoms with van der Waals surface area (Å²) in [7, 11) is 0. The van der Waals surface area contributed by atoms with Crippen LogP contribution in [0.3, 0.4) is 0 Å². The van der Waals surface area contributed by atoms with Gasteiger partial charge in [0.2, 0.25) is 5.91 Å². The Morgan fingerprint density at radius 1 is 1.25 bits per heavy atom. The number of rotatable bonds is 7. The Labute approximate surface area is 120 Å². The first-order chi connectivity index (χ1) is 9.62. The third kappa shape index (κ3) is 4.66. The van der Waals surface area contributed by atoms with Crippen LogP contribution in [0.25, 0.3) is 0 Å². The van der Waals surface area contributed by atoms with Gasteiger partial charge in [-0.2, -0.15) is 0 Å². The molecule has 0 aliphatic carbocycles. The van der Waals surface area contributed by atoms with Crippen molar-refractivity contribution in [1.82, 2.24) is 10.2 Å². The molecule has 0 bridgehead atoms. The van der Waals surface area contributed by atoms with Gasteiger partial charge in [-0.3, -0.25) is 9.59 Å². The Balaban J connectivity index is 2.58. The maximum atomic E-state index is 12.0. The fourth-order valence-electron chi connectivity index (χ4n) is 1.98. The zero-order valence-corrected chi connectivity index (χ0v) is 12.2. The van der Waals surface area contributed by atoms with E-state index in [2.05, 4.69) is 5.32 Å². The van der Waals surface area contributed by atoms with Crippen LogP contribution in [0.1, 0.15) is 29.8 Å². The van der Waals surface area contributed by atoms with Gasteiger partial charge in [0.1, 0.15) is 0 Å². The summed E-state index contributed by atoms with van der Waals surface area (Å²) in [6.07, 6.45) is 0.736. The standard InChI is InChI=1S/C15H23N3O2/c1-3-18(4-2)14(19)11-17-15(20)13-7-5-6-12(10-13)8-9-16/h5-7,10H,3-4,8-9,11,16H2,1-2H3,(H,17,20). The predicted octanol–water partition coefficient (Wildman–Crippen LogP) is 0.786. The van der Waals surface area contributed by atoms with Gasteiger partial charge in [0.05, 0.1) is 6.54 Å². The van der Waals surface area contributed by atoms with Gasteiger partial charge < -0.3 is 16.0 Å². The Hall–Kier alpha value is -1.88. The molecule has 1 aromatic carbocycles. The molecule has 0 saturated carbocycles. The number of benzene rings is 1. The molecule has 0 radical (unpaired) electrons. The van der Waals surface area contributed by atoms with Crippen molar-refractivity contribution in [2.45, 2.75) is 20.3 Å². The van der Waals surface area contributed by atoms with Crippen LogP contribution in [0.15, 0.2) is 24.3 Å². The van der Waals surface area contributed by atoms with E-state index in [-0.39, 0.29) is 18.4 Å². The molecule has 3 N–H and O–H groups in total. The Bertz CT molecular complexity index is 456. The third-order valence-corrected chi connectivity index (χ3v) is 3.14. The second kappa shape index (κ2) is 8.32. The van der Waals surface area contributed by atoms with E-state index in [0.29, 0.717) is 25.2 Å². The zero-order chi connectivity index (χ0) is 15.0. The lowest BCUT2D eigenvalue weighted by Crippen LogP contribution is -2.40. The van der Waals surface area contributed by atoms with Crippen LogP contribution in [0.5, 0.6) is 0 Å². The highest BCUT2D eigenvalue weighted by Crippen LogP contribution is 2.05. The molecule has 0 heterocycles. The summed E-state index contributed by atoms with van der Waals surface area (Å²) in [5.41, 5.74) is 7.08. The average Bonchev–Trinajstić information content (AvgIpc) is 2.46. The lowest BCUT2D eigenvalue weighted by atomic mass is 10.1. The molecule has 0 saturated heterocycles. The first kappa shape index (κ1) is 16.2. The molecule has 0 aliphatic heterocycles. The monoisotopic (exact) mass is 277 g/mol. The number of nitrogens with one attached hydrogen (secondary N) is 1. The molecular formula is C15H23N3O2. The van der Waals surface area contributed by atoms with Crippen LogP contribution in [0.2, 0.25) is 0 Å². The summed E-state index contributed by atoms with van der Waals surface area (Å²) in [6.45, 7) is 5.71. The molecule has 5 heteroatoms. The van der Waals surface area contributed by atoms with Crippen molar-refractivity contribution in [2.24, 2.45) is 5.73 Å². The van der Waals surface area contributed by atoms with Gasteiger partial charge in [0.15, 0.2) is 0 Å². The number of hydrogen-bond acceptors (Lipinski definition) is 3. The summed E-state index contributed by atoms with van der Waals surface area (Å²) in [5.74, 6) is -0.300. The van der Waals surface area contributed by atoms with Crippen molar-refractivity contribution in [1.29, 1.82) is 0 Å².